The molecule has 0 spiro atoms. The number of aliphatic carboxylic acids is 1. The molecule has 5 heteroatoms. The zero-order chi connectivity index (χ0) is 17.3. The van der Waals surface area contributed by atoms with Crippen LogP contribution in [-0.2, 0) is 16.1 Å². The van der Waals surface area contributed by atoms with Gasteiger partial charge in [-0.05, 0) is 45.2 Å². The maximum atomic E-state index is 12.8. The third-order valence-electron chi connectivity index (χ3n) is 5.21. The predicted octanol–water partition coefficient (Wildman–Crippen LogP) is 2.28. The first kappa shape index (κ1) is 17.0. The lowest BCUT2D eigenvalue weighted by molar-refractivity contribution is -0.147. The molecule has 0 aromatic heterocycles. The second kappa shape index (κ2) is 6.55. The number of carbonyl (C=O) groups is 2. The highest BCUT2D eigenvalue weighted by Crippen LogP contribution is 2.32. The van der Waals surface area contributed by atoms with Gasteiger partial charge in [0, 0.05) is 19.1 Å². The maximum absolute atomic E-state index is 12.8. The molecule has 1 saturated heterocycles. The Hall–Kier alpha value is -1.88. The summed E-state index contributed by atoms with van der Waals surface area (Å²) in [4.78, 5) is 28.1. The molecular weight excluding hydrogens is 304 g/mol. The Morgan fingerprint density at radius 3 is 2.50 bits per heavy atom. The number of amides is 1. The molecule has 1 aliphatic heterocycles. The summed E-state index contributed by atoms with van der Waals surface area (Å²) in [5.41, 5.74) is 1.65. The molecule has 2 aliphatic rings. The molecule has 1 aliphatic carbocycles. The monoisotopic (exact) mass is 330 g/mol. The van der Waals surface area contributed by atoms with Crippen LogP contribution in [0, 0.1) is 12.3 Å². The number of hydrogen-bond donors (Lipinski definition) is 1. The van der Waals surface area contributed by atoms with E-state index in [1.165, 1.54) is 5.56 Å². The summed E-state index contributed by atoms with van der Waals surface area (Å²) in [7, 11) is 0. The van der Waals surface area contributed by atoms with Crippen molar-refractivity contribution < 1.29 is 14.7 Å². The summed E-state index contributed by atoms with van der Waals surface area (Å²) in [5.74, 6) is -0.649. The Kier molecular flexibility index (Phi) is 4.63. The molecule has 1 atom stereocenters. The van der Waals surface area contributed by atoms with Gasteiger partial charge in [-0.3, -0.25) is 14.5 Å². The standard InChI is InChI=1S/C19H26N2O3/c1-14-3-5-15(6-4-14)11-21(16-7-8-16)17(22)12-20-10-9-19(2,13-20)18(23)24/h3-6,16H,7-13H2,1-2H3,(H,23,24). The SMILES string of the molecule is Cc1ccc(CN(C(=O)CN2CCC(C)(C(=O)O)C2)C2CC2)cc1. The van der Waals surface area contributed by atoms with E-state index in [9.17, 15) is 14.7 Å². The number of likely N-dealkylation sites (tertiary alicyclic amines) is 1. The minimum Gasteiger partial charge on any atom is -0.481 e. The number of hydrogen-bond acceptors (Lipinski definition) is 3. The highest BCUT2D eigenvalue weighted by atomic mass is 16.4. The molecule has 0 bridgehead atoms. The minimum absolute atomic E-state index is 0.118. The molecule has 24 heavy (non-hydrogen) atoms. The third kappa shape index (κ3) is 3.78. The van der Waals surface area contributed by atoms with Gasteiger partial charge in [-0.15, -0.1) is 0 Å². The van der Waals surface area contributed by atoms with Crippen LogP contribution in [0.3, 0.4) is 0 Å². The van der Waals surface area contributed by atoms with Crippen LogP contribution in [-0.4, -0.2) is 52.5 Å². The van der Waals surface area contributed by atoms with E-state index in [0.29, 0.717) is 38.6 Å². The van der Waals surface area contributed by atoms with E-state index in [1.54, 1.807) is 6.92 Å². The van der Waals surface area contributed by atoms with Crippen LogP contribution >= 0.6 is 0 Å². The molecule has 5 nitrogen and oxygen atoms in total. The summed E-state index contributed by atoms with van der Waals surface area (Å²) >= 11 is 0. The number of aryl methyl sites for hydroxylation is 1. The van der Waals surface area contributed by atoms with E-state index in [2.05, 4.69) is 31.2 Å². The first-order valence-electron chi connectivity index (χ1n) is 8.68. The Morgan fingerprint density at radius 1 is 1.29 bits per heavy atom. The molecule has 1 unspecified atom stereocenters. The zero-order valence-corrected chi connectivity index (χ0v) is 14.5. The Morgan fingerprint density at radius 2 is 1.96 bits per heavy atom. The quantitative estimate of drug-likeness (QED) is 0.869. The molecule has 1 amide bonds. The second-order valence-electron chi connectivity index (χ2n) is 7.56. The van der Waals surface area contributed by atoms with E-state index in [0.717, 1.165) is 18.4 Å². The molecule has 3 rings (SSSR count). The van der Waals surface area contributed by atoms with Crippen LogP contribution in [0.5, 0.6) is 0 Å². The van der Waals surface area contributed by atoms with Gasteiger partial charge in [-0.1, -0.05) is 29.8 Å². The lowest BCUT2D eigenvalue weighted by Crippen LogP contribution is -2.41. The normalized spacial score (nSPS) is 24.1. The first-order valence-corrected chi connectivity index (χ1v) is 8.68. The Balaban J connectivity index is 1.61. The fourth-order valence-electron chi connectivity index (χ4n) is 3.35. The van der Waals surface area contributed by atoms with E-state index in [-0.39, 0.29) is 5.91 Å². The average molecular weight is 330 g/mol. The van der Waals surface area contributed by atoms with Crippen molar-refractivity contribution in [2.24, 2.45) is 5.41 Å². The van der Waals surface area contributed by atoms with Gasteiger partial charge >= 0.3 is 5.97 Å². The summed E-state index contributed by atoms with van der Waals surface area (Å²) in [6, 6.07) is 8.66. The number of benzene rings is 1. The fourth-order valence-corrected chi connectivity index (χ4v) is 3.35. The van der Waals surface area contributed by atoms with Crippen LogP contribution < -0.4 is 0 Å². The van der Waals surface area contributed by atoms with Gasteiger partial charge in [0.15, 0.2) is 0 Å². The molecule has 1 aromatic rings. The Bertz CT molecular complexity index is 624. The van der Waals surface area contributed by atoms with Gasteiger partial charge in [0.25, 0.3) is 0 Å². The highest BCUT2D eigenvalue weighted by Gasteiger charge is 2.42. The summed E-state index contributed by atoms with van der Waals surface area (Å²) in [5, 5.41) is 9.33. The van der Waals surface area contributed by atoms with Crippen molar-refractivity contribution in [3.63, 3.8) is 0 Å². The molecule has 2 fully saturated rings. The third-order valence-corrected chi connectivity index (χ3v) is 5.21. The maximum Gasteiger partial charge on any atom is 0.310 e. The van der Waals surface area contributed by atoms with E-state index in [4.69, 9.17) is 0 Å². The average Bonchev–Trinajstić information content (AvgIpc) is 3.30. The lowest BCUT2D eigenvalue weighted by atomic mass is 9.90. The topological polar surface area (TPSA) is 60.9 Å². The molecular formula is C19H26N2O3. The molecule has 0 radical (unpaired) electrons. The van der Waals surface area contributed by atoms with Crippen LogP contribution in [0.1, 0.15) is 37.3 Å². The van der Waals surface area contributed by atoms with E-state index in [1.807, 2.05) is 9.80 Å². The van der Waals surface area contributed by atoms with Gasteiger partial charge in [0.05, 0.1) is 12.0 Å². The lowest BCUT2D eigenvalue weighted by Gasteiger charge is -2.26. The van der Waals surface area contributed by atoms with Crippen molar-refractivity contribution in [1.82, 2.24) is 9.80 Å². The number of carbonyl (C=O) groups excluding carboxylic acids is 1. The molecule has 1 heterocycles. The number of carboxylic acids is 1. The van der Waals surface area contributed by atoms with Crippen LogP contribution in [0.15, 0.2) is 24.3 Å². The molecule has 1 aromatic carbocycles. The van der Waals surface area contributed by atoms with E-state index < -0.39 is 11.4 Å². The van der Waals surface area contributed by atoms with Gasteiger partial charge in [0.1, 0.15) is 0 Å². The number of nitrogens with zero attached hydrogens (tertiary/aromatic N) is 2. The molecule has 1 N–H and O–H groups in total. The minimum atomic E-state index is -0.767. The fraction of sp³-hybridized carbons (Fsp3) is 0.579. The van der Waals surface area contributed by atoms with Gasteiger partial charge in [-0.2, -0.15) is 0 Å². The van der Waals surface area contributed by atoms with Crippen LogP contribution in [0.4, 0.5) is 0 Å². The first-order chi connectivity index (χ1) is 11.4. The number of rotatable bonds is 6. The van der Waals surface area contributed by atoms with Crippen molar-refractivity contribution in [3.8, 4) is 0 Å². The van der Waals surface area contributed by atoms with Crippen LogP contribution in [0.2, 0.25) is 0 Å². The zero-order valence-electron chi connectivity index (χ0n) is 14.5. The molecule has 130 valence electrons. The summed E-state index contributed by atoms with van der Waals surface area (Å²) < 4.78 is 0. The second-order valence-corrected chi connectivity index (χ2v) is 7.56. The smallest absolute Gasteiger partial charge is 0.310 e. The van der Waals surface area contributed by atoms with Gasteiger partial charge in [-0.25, -0.2) is 0 Å². The van der Waals surface area contributed by atoms with Crippen LogP contribution in [0.25, 0.3) is 0 Å². The van der Waals surface area contributed by atoms with Crippen molar-refractivity contribution in [3.05, 3.63) is 35.4 Å². The molecule has 1 saturated carbocycles. The van der Waals surface area contributed by atoms with Crippen molar-refractivity contribution in [2.75, 3.05) is 19.6 Å². The highest BCUT2D eigenvalue weighted by molar-refractivity contribution is 5.79. The van der Waals surface area contributed by atoms with Gasteiger partial charge < -0.3 is 10.0 Å². The van der Waals surface area contributed by atoms with Crippen molar-refractivity contribution >= 4 is 11.9 Å². The van der Waals surface area contributed by atoms with Crippen molar-refractivity contribution in [2.45, 2.75) is 45.7 Å². The van der Waals surface area contributed by atoms with Crippen molar-refractivity contribution in [1.29, 1.82) is 0 Å². The number of carboxylic acid groups (broad SMARTS) is 1. The Labute approximate surface area is 143 Å². The van der Waals surface area contributed by atoms with Gasteiger partial charge in [0.2, 0.25) is 5.91 Å². The summed E-state index contributed by atoms with van der Waals surface area (Å²) in [6.07, 6.45) is 2.76. The van der Waals surface area contributed by atoms with E-state index >= 15 is 0 Å². The summed E-state index contributed by atoms with van der Waals surface area (Å²) in [6.45, 7) is 5.93. The predicted molar refractivity (Wildman–Crippen MR) is 91.6 cm³/mol. The largest absolute Gasteiger partial charge is 0.481 e.